The van der Waals surface area contributed by atoms with Crippen LogP contribution in [0, 0.1) is 0 Å². The van der Waals surface area contributed by atoms with Crippen molar-refractivity contribution in [2.45, 2.75) is 6.10 Å². The molecule has 1 atom stereocenters. The molecule has 0 amide bonds. The summed E-state index contributed by atoms with van der Waals surface area (Å²) in [6, 6.07) is 8.83. The van der Waals surface area contributed by atoms with Crippen LogP contribution in [0.5, 0.6) is 0 Å². The molecule has 0 aliphatic rings. The number of hydrogen-bond donors (Lipinski definition) is 2. The highest BCUT2D eigenvalue weighted by atomic mass is 16.3. The number of anilines is 1. The summed E-state index contributed by atoms with van der Waals surface area (Å²) in [6.07, 6.45) is 2.40. The molecule has 0 saturated carbocycles. The molecule has 0 radical (unpaired) electrons. The molecule has 2 rings (SSSR count). The summed E-state index contributed by atoms with van der Waals surface area (Å²) in [7, 11) is 0. The van der Waals surface area contributed by atoms with Gasteiger partial charge in [0.2, 0.25) is 0 Å². The normalized spacial score (nSPS) is 12.3. The number of nitrogen functional groups attached to an aromatic ring is 1. The Morgan fingerprint density at radius 2 is 1.87 bits per heavy atom. The molecule has 76 valence electrons. The molecule has 0 saturated heterocycles. The highest BCUT2D eigenvalue weighted by Gasteiger charge is 2.14. The van der Waals surface area contributed by atoms with Gasteiger partial charge in [-0.25, -0.2) is 4.98 Å². The van der Waals surface area contributed by atoms with Crippen molar-refractivity contribution in [1.82, 2.24) is 9.97 Å². The smallest absolute Gasteiger partial charge is 0.129 e. The first-order chi connectivity index (χ1) is 7.29. The van der Waals surface area contributed by atoms with Crippen LogP contribution < -0.4 is 5.73 Å². The topological polar surface area (TPSA) is 72.0 Å². The summed E-state index contributed by atoms with van der Waals surface area (Å²) >= 11 is 0. The summed E-state index contributed by atoms with van der Waals surface area (Å²) in [6.45, 7) is 0. The molecule has 0 fully saturated rings. The molecule has 2 aromatic rings. The molecule has 0 aromatic carbocycles. The lowest BCUT2D eigenvalue weighted by molar-refractivity contribution is 0.216. The lowest BCUT2D eigenvalue weighted by Gasteiger charge is -2.11. The minimum absolute atomic E-state index is 0.329. The lowest BCUT2D eigenvalue weighted by atomic mass is 10.1. The molecule has 2 heterocycles. The van der Waals surface area contributed by atoms with Crippen LogP contribution >= 0.6 is 0 Å². The van der Waals surface area contributed by atoms with Crippen LogP contribution in [0.2, 0.25) is 0 Å². The van der Waals surface area contributed by atoms with Gasteiger partial charge in [0, 0.05) is 18.0 Å². The Morgan fingerprint density at radius 3 is 2.53 bits per heavy atom. The number of hydrogen-bond acceptors (Lipinski definition) is 4. The van der Waals surface area contributed by atoms with Gasteiger partial charge in [-0.1, -0.05) is 12.1 Å². The molecule has 4 heteroatoms. The predicted octanol–water partition coefficient (Wildman–Crippen LogP) is 1.14. The van der Waals surface area contributed by atoms with Crippen molar-refractivity contribution >= 4 is 5.82 Å². The van der Waals surface area contributed by atoms with Crippen molar-refractivity contribution in [2.24, 2.45) is 0 Å². The molecular formula is C11H11N3O. The van der Waals surface area contributed by atoms with Crippen LogP contribution in [0.3, 0.4) is 0 Å². The summed E-state index contributed by atoms with van der Waals surface area (Å²) in [5.74, 6) is 0.329. The molecule has 4 nitrogen and oxygen atoms in total. The van der Waals surface area contributed by atoms with Gasteiger partial charge in [-0.15, -0.1) is 0 Å². The van der Waals surface area contributed by atoms with Crippen LogP contribution in [0.25, 0.3) is 0 Å². The van der Waals surface area contributed by atoms with Gasteiger partial charge in [0.15, 0.2) is 0 Å². The molecule has 0 bridgehead atoms. The van der Waals surface area contributed by atoms with Crippen molar-refractivity contribution < 1.29 is 5.11 Å². The fourth-order valence-electron chi connectivity index (χ4n) is 1.36. The molecule has 0 spiro atoms. The number of nitrogens with two attached hydrogens (primary N) is 1. The first-order valence-corrected chi connectivity index (χ1v) is 4.58. The first kappa shape index (κ1) is 9.61. The van der Waals surface area contributed by atoms with Gasteiger partial charge in [-0.3, -0.25) is 4.98 Å². The van der Waals surface area contributed by atoms with Crippen molar-refractivity contribution in [3.63, 3.8) is 0 Å². The molecule has 0 aliphatic heterocycles. The Labute approximate surface area is 87.4 Å². The van der Waals surface area contributed by atoms with Crippen LogP contribution in [0.1, 0.15) is 17.4 Å². The molecule has 15 heavy (non-hydrogen) atoms. The zero-order chi connectivity index (χ0) is 10.7. The summed E-state index contributed by atoms with van der Waals surface area (Å²) in [5.41, 5.74) is 6.81. The average Bonchev–Trinajstić information content (AvgIpc) is 2.30. The molecule has 3 N–H and O–H groups in total. The average molecular weight is 201 g/mol. The van der Waals surface area contributed by atoms with Crippen molar-refractivity contribution in [3.8, 4) is 0 Å². The van der Waals surface area contributed by atoms with Gasteiger partial charge in [0.05, 0.1) is 5.69 Å². The zero-order valence-corrected chi connectivity index (χ0v) is 8.04. The van der Waals surface area contributed by atoms with Crippen LogP contribution in [0.15, 0.2) is 42.7 Å². The first-order valence-electron chi connectivity index (χ1n) is 4.58. The van der Waals surface area contributed by atoms with E-state index in [1.165, 1.54) is 0 Å². The van der Waals surface area contributed by atoms with E-state index in [2.05, 4.69) is 9.97 Å². The highest BCUT2D eigenvalue weighted by molar-refractivity contribution is 5.42. The van der Waals surface area contributed by atoms with Crippen LogP contribution in [-0.4, -0.2) is 15.1 Å². The standard InChI is InChI=1S/C11H11N3O/c12-11-8(4-3-7-14-11)10(15)9-5-1-2-6-13-9/h1-7,10,15H,(H2,12,14). The van der Waals surface area contributed by atoms with Gasteiger partial charge < -0.3 is 10.8 Å². The second kappa shape index (κ2) is 4.06. The molecule has 1 unspecified atom stereocenters. The van der Waals surface area contributed by atoms with E-state index >= 15 is 0 Å². The SMILES string of the molecule is Nc1ncccc1C(O)c1ccccn1. The van der Waals surface area contributed by atoms with Gasteiger partial charge in [0.1, 0.15) is 11.9 Å². The maximum absolute atomic E-state index is 9.99. The Morgan fingerprint density at radius 1 is 1.07 bits per heavy atom. The summed E-state index contributed by atoms with van der Waals surface area (Å²) in [5, 5.41) is 9.99. The van der Waals surface area contributed by atoms with Crippen LogP contribution in [0.4, 0.5) is 5.82 Å². The van der Waals surface area contributed by atoms with Gasteiger partial charge in [0.25, 0.3) is 0 Å². The maximum atomic E-state index is 9.99. The van der Waals surface area contributed by atoms with E-state index in [-0.39, 0.29) is 0 Å². The van der Waals surface area contributed by atoms with E-state index in [1.54, 1.807) is 36.7 Å². The third-order valence-electron chi connectivity index (χ3n) is 2.13. The third kappa shape index (κ3) is 1.94. The lowest BCUT2D eigenvalue weighted by Crippen LogP contribution is -2.06. The second-order valence-corrected chi connectivity index (χ2v) is 3.14. The third-order valence-corrected chi connectivity index (χ3v) is 2.13. The summed E-state index contributed by atoms with van der Waals surface area (Å²) in [4.78, 5) is 7.98. The van der Waals surface area contributed by atoms with E-state index in [0.717, 1.165) is 0 Å². The number of aromatic nitrogens is 2. The fraction of sp³-hybridized carbons (Fsp3) is 0.0909. The van der Waals surface area contributed by atoms with Gasteiger partial charge >= 0.3 is 0 Å². The highest BCUT2D eigenvalue weighted by Crippen LogP contribution is 2.22. The number of aliphatic hydroxyl groups is 1. The fourth-order valence-corrected chi connectivity index (χ4v) is 1.36. The Balaban J connectivity index is 2.37. The van der Waals surface area contributed by atoms with Crippen molar-refractivity contribution in [3.05, 3.63) is 54.0 Å². The minimum atomic E-state index is -0.820. The van der Waals surface area contributed by atoms with Crippen LogP contribution in [-0.2, 0) is 0 Å². The van der Waals surface area contributed by atoms with E-state index < -0.39 is 6.10 Å². The van der Waals surface area contributed by atoms with E-state index in [1.807, 2.05) is 6.07 Å². The number of rotatable bonds is 2. The number of pyridine rings is 2. The van der Waals surface area contributed by atoms with E-state index in [0.29, 0.717) is 17.1 Å². The number of nitrogens with zero attached hydrogens (tertiary/aromatic N) is 2. The monoisotopic (exact) mass is 201 g/mol. The van der Waals surface area contributed by atoms with Crippen molar-refractivity contribution in [1.29, 1.82) is 0 Å². The molecule has 2 aromatic heterocycles. The Hall–Kier alpha value is -1.94. The summed E-state index contributed by atoms with van der Waals surface area (Å²) < 4.78 is 0. The Kier molecular flexibility index (Phi) is 2.60. The van der Waals surface area contributed by atoms with E-state index in [9.17, 15) is 5.11 Å². The predicted molar refractivity (Wildman–Crippen MR) is 56.9 cm³/mol. The Bertz CT molecular complexity index is 445. The zero-order valence-electron chi connectivity index (χ0n) is 8.04. The largest absolute Gasteiger partial charge is 0.383 e. The molecular weight excluding hydrogens is 190 g/mol. The number of aliphatic hydroxyl groups excluding tert-OH is 1. The second-order valence-electron chi connectivity index (χ2n) is 3.14. The van der Waals surface area contributed by atoms with Gasteiger partial charge in [-0.2, -0.15) is 0 Å². The quantitative estimate of drug-likeness (QED) is 0.764. The minimum Gasteiger partial charge on any atom is -0.383 e. The van der Waals surface area contributed by atoms with Gasteiger partial charge in [-0.05, 0) is 18.2 Å². The van der Waals surface area contributed by atoms with E-state index in [4.69, 9.17) is 5.73 Å². The molecule has 0 aliphatic carbocycles. The maximum Gasteiger partial charge on any atom is 0.129 e. The van der Waals surface area contributed by atoms with Crippen molar-refractivity contribution in [2.75, 3.05) is 5.73 Å².